The molecule has 0 aliphatic heterocycles. The zero-order valence-electron chi connectivity index (χ0n) is 5.16. The van der Waals surface area contributed by atoms with Crippen LogP contribution in [0.2, 0.25) is 0 Å². The summed E-state index contributed by atoms with van der Waals surface area (Å²) in [7, 11) is 0. The van der Waals surface area contributed by atoms with E-state index < -0.39 is 11.7 Å². The summed E-state index contributed by atoms with van der Waals surface area (Å²) in [5.74, 6) is -2.10. The largest absolute Gasteiger partial charge is 0.475 e. The van der Waals surface area contributed by atoms with Gasteiger partial charge in [0.1, 0.15) is 0 Å². The van der Waals surface area contributed by atoms with Gasteiger partial charge in [-0.1, -0.05) is 6.58 Å². The SMILES string of the molecule is C=C(C=O)OC(=C)C(=O)O. The Balaban J connectivity index is 3.92. The number of allylic oxidation sites excluding steroid dienone is 1. The first kappa shape index (κ1) is 8.42. The molecule has 1 N–H and O–H groups in total. The van der Waals surface area contributed by atoms with Crippen molar-refractivity contribution >= 4 is 12.3 Å². The molecule has 0 aliphatic rings. The fraction of sp³-hybridized carbons (Fsp3) is 0. The number of carboxylic acid groups (broad SMARTS) is 1. The third-order valence-corrected chi connectivity index (χ3v) is 0.624. The maximum atomic E-state index is 9.97. The van der Waals surface area contributed by atoms with Gasteiger partial charge < -0.3 is 9.84 Å². The topological polar surface area (TPSA) is 63.6 Å². The van der Waals surface area contributed by atoms with Gasteiger partial charge in [-0.15, -0.1) is 0 Å². The summed E-state index contributed by atoms with van der Waals surface area (Å²) in [5.41, 5.74) is 0. The Labute approximate surface area is 57.4 Å². The summed E-state index contributed by atoms with van der Waals surface area (Å²) in [6.07, 6.45) is 0.300. The number of carbonyl (C=O) groups excluding carboxylic acids is 1. The molecular weight excluding hydrogens is 136 g/mol. The number of carboxylic acids is 1. The van der Waals surface area contributed by atoms with Crippen molar-refractivity contribution < 1.29 is 19.4 Å². The molecule has 0 saturated carbocycles. The highest BCUT2D eigenvalue weighted by Gasteiger charge is 2.05. The van der Waals surface area contributed by atoms with Crippen molar-refractivity contribution in [1.29, 1.82) is 0 Å². The lowest BCUT2D eigenvalue weighted by Crippen LogP contribution is -2.03. The Morgan fingerprint density at radius 1 is 1.50 bits per heavy atom. The van der Waals surface area contributed by atoms with Gasteiger partial charge in [-0.3, -0.25) is 4.79 Å². The van der Waals surface area contributed by atoms with E-state index in [4.69, 9.17) is 5.11 Å². The Bertz CT molecular complexity index is 192. The van der Waals surface area contributed by atoms with Crippen LogP contribution in [0.1, 0.15) is 0 Å². The third kappa shape index (κ3) is 2.66. The first-order valence-electron chi connectivity index (χ1n) is 2.32. The standard InChI is InChI=1S/C6H6O4/c1-4(3-7)10-5(2)6(8)9/h3H,1-2H2,(H,8,9). The number of aldehydes is 1. The van der Waals surface area contributed by atoms with Gasteiger partial charge in [0.25, 0.3) is 0 Å². The van der Waals surface area contributed by atoms with Crippen LogP contribution in [0.15, 0.2) is 24.7 Å². The fourth-order valence-electron chi connectivity index (χ4n) is 0.226. The highest BCUT2D eigenvalue weighted by atomic mass is 16.5. The van der Waals surface area contributed by atoms with Crippen LogP contribution < -0.4 is 0 Å². The van der Waals surface area contributed by atoms with Gasteiger partial charge in [0.2, 0.25) is 5.76 Å². The molecule has 0 aliphatic carbocycles. The Morgan fingerprint density at radius 2 is 2.00 bits per heavy atom. The highest BCUT2D eigenvalue weighted by Crippen LogP contribution is 1.98. The van der Waals surface area contributed by atoms with E-state index in [0.29, 0.717) is 6.29 Å². The number of aliphatic carboxylic acids is 1. The molecule has 0 unspecified atom stereocenters. The van der Waals surface area contributed by atoms with E-state index in [-0.39, 0.29) is 5.76 Å². The van der Waals surface area contributed by atoms with Gasteiger partial charge in [0.05, 0.1) is 0 Å². The minimum atomic E-state index is -1.32. The molecule has 0 rings (SSSR count). The lowest BCUT2D eigenvalue weighted by molar-refractivity contribution is -0.135. The van der Waals surface area contributed by atoms with Gasteiger partial charge >= 0.3 is 5.97 Å². The zero-order chi connectivity index (χ0) is 8.15. The quantitative estimate of drug-likeness (QED) is 0.348. The van der Waals surface area contributed by atoms with E-state index in [0.717, 1.165) is 0 Å². The van der Waals surface area contributed by atoms with E-state index in [9.17, 15) is 9.59 Å². The van der Waals surface area contributed by atoms with Crippen LogP contribution in [-0.4, -0.2) is 17.4 Å². The highest BCUT2D eigenvalue weighted by molar-refractivity contribution is 5.84. The van der Waals surface area contributed by atoms with Crippen LogP contribution in [0.5, 0.6) is 0 Å². The lowest BCUT2D eigenvalue weighted by atomic mass is 10.5. The van der Waals surface area contributed by atoms with Crippen molar-refractivity contribution in [3.63, 3.8) is 0 Å². The molecule has 4 heteroatoms. The molecule has 0 amide bonds. The second-order valence-electron chi connectivity index (χ2n) is 1.41. The van der Waals surface area contributed by atoms with Crippen LogP contribution in [0.4, 0.5) is 0 Å². The lowest BCUT2D eigenvalue weighted by Gasteiger charge is -1.99. The number of hydrogen-bond acceptors (Lipinski definition) is 3. The van der Waals surface area contributed by atoms with E-state index >= 15 is 0 Å². The van der Waals surface area contributed by atoms with Crippen LogP contribution in [0, 0.1) is 0 Å². The first-order valence-corrected chi connectivity index (χ1v) is 2.32. The third-order valence-electron chi connectivity index (χ3n) is 0.624. The van der Waals surface area contributed by atoms with Gasteiger partial charge in [0.15, 0.2) is 12.0 Å². The molecule has 0 atom stereocenters. The molecule has 10 heavy (non-hydrogen) atoms. The zero-order valence-corrected chi connectivity index (χ0v) is 5.16. The Hall–Kier alpha value is -1.58. The Kier molecular flexibility index (Phi) is 2.90. The van der Waals surface area contributed by atoms with Crippen LogP contribution >= 0.6 is 0 Å². The molecule has 0 aromatic carbocycles. The maximum Gasteiger partial charge on any atom is 0.371 e. The van der Waals surface area contributed by atoms with E-state index in [1.165, 1.54) is 0 Å². The van der Waals surface area contributed by atoms with E-state index in [2.05, 4.69) is 17.9 Å². The molecular formula is C6H6O4. The molecule has 0 saturated heterocycles. The van der Waals surface area contributed by atoms with Crippen molar-refractivity contribution in [2.45, 2.75) is 0 Å². The van der Waals surface area contributed by atoms with Crippen LogP contribution in [0.3, 0.4) is 0 Å². The van der Waals surface area contributed by atoms with Crippen LogP contribution in [0.25, 0.3) is 0 Å². The van der Waals surface area contributed by atoms with Gasteiger partial charge in [-0.05, 0) is 6.58 Å². The normalized spacial score (nSPS) is 8.00. The Morgan fingerprint density at radius 3 is 2.30 bits per heavy atom. The summed E-state index contributed by atoms with van der Waals surface area (Å²) in [5, 5.41) is 8.14. The van der Waals surface area contributed by atoms with Crippen LogP contribution in [-0.2, 0) is 14.3 Å². The van der Waals surface area contributed by atoms with Gasteiger partial charge in [0, 0.05) is 0 Å². The smallest absolute Gasteiger partial charge is 0.371 e. The van der Waals surface area contributed by atoms with Gasteiger partial charge in [-0.25, -0.2) is 4.79 Å². The predicted molar refractivity (Wildman–Crippen MR) is 33.1 cm³/mol. The fourth-order valence-corrected chi connectivity index (χ4v) is 0.226. The number of rotatable bonds is 4. The van der Waals surface area contributed by atoms with Crippen molar-refractivity contribution in [2.75, 3.05) is 0 Å². The maximum absolute atomic E-state index is 9.97. The van der Waals surface area contributed by atoms with Crippen molar-refractivity contribution in [1.82, 2.24) is 0 Å². The molecule has 0 heterocycles. The predicted octanol–water partition coefficient (Wildman–Crippen LogP) is 0.314. The molecule has 4 nitrogen and oxygen atoms in total. The average Bonchev–Trinajstić information content (AvgIpc) is 1.87. The number of ether oxygens (including phenoxy) is 1. The second-order valence-corrected chi connectivity index (χ2v) is 1.41. The van der Waals surface area contributed by atoms with Gasteiger partial charge in [-0.2, -0.15) is 0 Å². The molecule has 0 aromatic heterocycles. The van der Waals surface area contributed by atoms with Crippen molar-refractivity contribution in [3.8, 4) is 0 Å². The molecule has 0 fully saturated rings. The molecule has 0 spiro atoms. The number of carbonyl (C=O) groups is 2. The van der Waals surface area contributed by atoms with Crippen molar-refractivity contribution in [2.24, 2.45) is 0 Å². The molecule has 0 aromatic rings. The minimum Gasteiger partial charge on any atom is -0.475 e. The van der Waals surface area contributed by atoms with E-state index in [1.54, 1.807) is 0 Å². The molecule has 0 bridgehead atoms. The summed E-state index contributed by atoms with van der Waals surface area (Å²) >= 11 is 0. The first-order chi connectivity index (χ1) is 4.57. The molecule has 0 radical (unpaired) electrons. The monoisotopic (exact) mass is 142 g/mol. The molecule has 54 valence electrons. The van der Waals surface area contributed by atoms with E-state index in [1.807, 2.05) is 0 Å². The number of hydrogen-bond donors (Lipinski definition) is 1. The summed E-state index contributed by atoms with van der Waals surface area (Å²) < 4.78 is 4.30. The average molecular weight is 142 g/mol. The summed E-state index contributed by atoms with van der Waals surface area (Å²) in [6, 6.07) is 0. The van der Waals surface area contributed by atoms with Crippen molar-refractivity contribution in [3.05, 3.63) is 24.7 Å². The minimum absolute atomic E-state index is 0.271. The summed E-state index contributed by atoms with van der Waals surface area (Å²) in [4.78, 5) is 19.8. The second kappa shape index (κ2) is 3.45. The summed E-state index contributed by atoms with van der Waals surface area (Å²) in [6.45, 7) is 6.08.